The number of benzene rings is 1. The number of halogens is 2. The number of carbonyl (C=O) groups excluding carboxylic acids is 2. The highest BCUT2D eigenvalue weighted by atomic mass is 35.5. The van der Waals surface area contributed by atoms with Crippen molar-refractivity contribution in [1.29, 1.82) is 0 Å². The SMILES string of the molecule is CC(NC(=O)C(O)c1cc(Cl)cc(Cl)c1)C(=O)NC(C)(C)C. The molecule has 122 valence electrons. The van der Waals surface area contributed by atoms with Crippen LogP contribution in [0.4, 0.5) is 0 Å². The van der Waals surface area contributed by atoms with Crippen molar-refractivity contribution in [1.82, 2.24) is 10.6 Å². The van der Waals surface area contributed by atoms with Crippen molar-refractivity contribution < 1.29 is 14.7 Å². The van der Waals surface area contributed by atoms with E-state index in [-0.39, 0.29) is 11.5 Å². The molecule has 0 spiro atoms. The van der Waals surface area contributed by atoms with E-state index in [1.807, 2.05) is 20.8 Å². The summed E-state index contributed by atoms with van der Waals surface area (Å²) in [5.74, 6) is -1.04. The molecular formula is C15H20Cl2N2O3. The second-order valence-corrected chi connectivity index (χ2v) is 6.95. The highest BCUT2D eigenvalue weighted by Crippen LogP contribution is 2.23. The van der Waals surface area contributed by atoms with E-state index in [1.54, 1.807) is 0 Å². The number of amides is 2. The maximum atomic E-state index is 12.0. The van der Waals surface area contributed by atoms with Crippen LogP contribution in [-0.4, -0.2) is 28.5 Å². The first kappa shape index (κ1) is 18.7. The Morgan fingerprint density at radius 2 is 1.59 bits per heavy atom. The maximum Gasteiger partial charge on any atom is 0.254 e. The molecule has 3 N–H and O–H groups in total. The van der Waals surface area contributed by atoms with Gasteiger partial charge in [0.15, 0.2) is 6.10 Å². The molecule has 2 amide bonds. The molecule has 0 saturated carbocycles. The average Bonchev–Trinajstić information content (AvgIpc) is 2.34. The van der Waals surface area contributed by atoms with Crippen LogP contribution in [0, 0.1) is 0 Å². The molecule has 7 heteroatoms. The van der Waals surface area contributed by atoms with Crippen LogP contribution in [0.5, 0.6) is 0 Å². The fraction of sp³-hybridized carbons (Fsp3) is 0.467. The molecule has 22 heavy (non-hydrogen) atoms. The van der Waals surface area contributed by atoms with E-state index >= 15 is 0 Å². The summed E-state index contributed by atoms with van der Waals surface area (Å²) >= 11 is 11.7. The van der Waals surface area contributed by atoms with Crippen LogP contribution in [-0.2, 0) is 9.59 Å². The Hall–Kier alpha value is -1.30. The normalized spacial score (nSPS) is 14.1. The van der Waals surface area contributed by atoms with Gasteiger partial charge in [-0.25, -0.2) is 0 Å². The first-order chi connectivity index (χ1) is 9.99. The number of carbonyl (C=O) groups is 2. The fourth-order valence-corrected chi connectivity index (χ4v) is 2.26. The van der Waals surface area contributed by atoms with E-state index in [1.165, 1.54) is 25.1 Å². The highest BCUT2D eigenvalue weighted by molar-refractivity contribution is 6.34. The number of aliphatic hydroxyl groups is 1. The zero-order valence-corrected chi connectivity index (χ0v) is 14.4. The van der Waals surface area contributed by atoms with Crippen molar-refractivity contribution in [2.75, 3.05) is 0 Å². The van der Waals surface area contributed by atoms with Crippen molar-refractivity contribution in [2.45, 2.75) is 45.4 Å². The minimum Gasteiger partial charge on any atom is -0.378 e. The largest absolute Gasteiger partial charge is 0.378 e. The lowest BCUT2D eigenvalue weighted by Gasteiger charge is -2.24. The third-order valence-corrected chi connectivity index (χ3v) is 3.14. The van der Waals surface area contributed by atoms with E-state index < -0.39 is 23.6 Å². The highest BCUT2D eigenvalue weighted by Gasteiger charge is 2.24. The summed E-state index contributed by atoms with van der Waals surface area (Å²) in [6.07, 6.45) is -1.46. The van der Waals surface area contributed by atoms with Gasteiger partial charge in [-0.15, -0.1) is 0 Å². The van der Waals surface area contributed by atoms with Crippen LogP contribution < -0.4 is 10.6 Å². The van der Waals surface area contributed by atoms with Gasteiger partial charge >= 0.3 is 0 Å². The number of hydrogen-bond donors (Lipinski definition) is 3. The first-order valence-electron chi connectivity index (χ1n) is 6.76. The van der Waals surface area contributed by atoms with Gasteiger partial charge in [0.05, 0.1) is 0 Å². The number of hydrogen-bond acceptors (Lipinski definition) is 3. The Balaban J connectivity index is 2.73. The summed E-state index contributed by atoms with van der Waals surface area (Å²) in [5, 5.41) is 15.9. The zero-order valence-electron chi connectivity index (χ0n) is 12.9. The van der Waals surface area contributed by atoms with Gasteiger partial charge in [0.2, 0.25) is 5.91 Å². The van der Waals surface area contributed by atoms with E-state index in [0.29, 0.717) is 10.0 Å². The second kappa shape index (κ2) is 7.31. The van der Waals surface area contributed by atoms with Crippen molar-refractivity contribution in [3.8, 4) is 0 Å². The average molecular weight is 347 g/mol. The Morgan fingerprint density at radius 3 is 2.05 bits per heavy atom. The Kier molecular flexibility index (Phi) is 6.23. The third-order valence-electron chi connectivity index (χ3n) is 2.70. The summed E-state index contributed by atoms with van der Waals surface area (Å²) in [4.78, 5) is 23.9. The topological polar surface area (TPSA) is 78.4 Å². The molecule has 0 aromatic heterocycles. The van der Waals surface area contributed by atoms with E-state index in [0.717, 1.165) is 0 Å². The first-order valence-corrected chi connectivity index (χ1v) is 7.51. The molecular weight excluding hydrogens is 327 g/mol. The molecule has 0 fully saturated rings. The van der Waals surface area contributed by atoms with Crippen molar-refractivity contribution in [3.05, 3.63) is 33.8 Å². The molecule has 1 rings (SSSR count). The number of aliphatic hydroxyl groups excluding tert-OH is 1. The van der Waals surface area contributed by atoms with Gasteiger partial charge in [0.25, 0.3) is 5.91 Å². The zero-order chi connectivity index (χ0) is 17.1. The standard InChI is InChI=1S/C15H20Cl2N2O3/c1-8(13(21)19-15(2,3)4)18-14(22)12(20)9-5-10(16)7-11(17)6-9/h5-8,12,20H,1-4H3,(H,18,22)(H,19,21). The van der Waals surface area contributed by atoms with E-state index in [2.05, 4.69) is 10.6 Å². The van der Waals surface area contributed by atoms with Gasteiger partial charge in [-0.05, 0) is 51.5 Å². The minimum atomic E-state index is -1.46. The molecule has 0 saturated heterocycles. The Bertz CT molecular complexity index is 550. The van der Waals surface area contributed by atoms with E-state index in [4.69, 9.17) is 23.2 Å². The number of nitrogens with one attached hydrogen (secondary N) is 2. The molecule has 0 radical (unpaired) electrons. The Labute approximate surface area is 140 Å². The van der Waals surface area contributed by atoms with Crippen molar-refractivity contribution >= 4 is 35.0 Å². The molecule has 2 atom stereocenters. The van der Waals surface area contributed by atoms with Crippen molar-refractivity contribution in [2.24, 2.45) is 0 Å². The van der Waals surface area contributed by atoms with Crippen LogP contribution in [0.1, 0.15) is 39.4 Å². The summed E-state index contributed by atoms with van der Waals surface area (Å²) in [6.45, 7) is 7.05. The van der Waals surface area contributed by atoms with Crippen LogP contribution in [0.15, 0.2) is 18.2 Å². The van der Waals surface area contributed by atoms with Gasteiger partial charge in [-0.3, -0.25) is 9.59 Å². The molecule has 0 heterocycles. The summed E-state index contributed by atoms with van der Waals surface area (Å²) < 4.78 is 0. The smallest absolute Gasteiger partial charge is 0.254 e. The molecule has 0 aliphatic heterocycles. The molecule has 1 aromatic rings. The second-order valence-electron chi connectivity index (χ2n) is 6.07. The predicted octanol–water partition coefficient (Wildman–Crippen LogP) is 2.45. The summed E-state index contributed by atoms with van der Waals surface area (Å²) in [5.41, 5.74) is -0.145. The minimum absolute atomic E-state index is 0.262. The molecule has 2 unspecified atom stereocenters. The van der Waals surface area contributed by atoms with Crippen LogP contribution in [0.2, 0.25) is 10.0 Å². The van der Waals surface area contributed by atoms with Crippen LogP contribution >= 0.6 is 23.2 Å². The van der Waals surface area contributed by atoms with Crippen molar-refractivity contribution in [3.63, 3.8) is 0 Å². The lowest BCUT2D eigenvalue weighted by Crippen LogP contribution is -2.51. The quantitative estimate of drug-likeness (QED) is 0.783. The monoisotopic (exact) mass is 346 g/mol. The molecule has 1 aromatic carbocycles. The Morgan fingerprint density at radius 1 is 1.09 bits per heavy atom. The predicted molar refractivity (Wildman–Crippen MR) is 86.9 cm³/mol. The molecule has 0 aliphatic carbocycles. The lowest BCUT2D eigenvalue weighted by atomic mass is 10.1. The fourth-order valence-electron chi connectivity index (χ4n) is 1.72. The van der Waals surface area contributed by atoms with Gasteiger partial charge in [-0.2, -0.15) is 0 Å². The summed E-state index contributed by atoms with van der Waals surface area (Å²) in [7, 11) is 0. The third kappa shape index (κ3) is 5.83. The van der Waals surface area contributed by atoms with Gasteiger partial charge in [0, 0.05) is 15.6 Å². The van der Waals surface area contributed by atoms with Gasteiger partial charge < -0.3 is 15.7 Å². The molecule has 0 bridgehead atoms. The number of rotatable bonds is 4. The van der Waals surface area contributed by atoms with Crippen LogP contribution in [0.3, 0.4) is 0 Å². The molecule has 5 nitrogen and oxygen atoms in total. The van der Waals surface area contributed by atoms with E-state index in [9.17, 15) is 14.7 Å². The summed E-state index contributed by atoms with van der Waals surface area (Å²) in [6, 6.07) is 3.60. The van der Waals surface area contributed by atoms with Gasteiger partial charge in [0.1, 0.15) is 6.04 Å². The maximum absolute atomic E-state index is 12.0. The lowest BCUT2D eigenvalue weighted by molar-refractivity contribution is -0.134. The molecule has 0 aliphatic rings. The van der Waals surface area contributed by atoms with Crippen LogP contribution in [0.25, 0.3) is 0 Å². The van der Waals surface area contributed by atoms with Gasteiger partial charge in [-0.1, -0.05) is 23.2 Å².